The number of hydrogen-bond acceptors (Lipinski definition) is 6. The molecule has 4 rings (SSSR count). The van der Waals surface area contributed by atoms with E-state index in [-0.39, 0.29) is 18.2 Å². The van der Waals surface area contributed by atoms with E-state index in [4.69, 9.17) is 10.5 Å². The standard InChI is InChI=1S/C19H17N5O5/c20-7-11-8-22(12-5-6-12)19(28)24(18(11)27)10-16(25)23-9-15(17(21)26)29-14-4-2-1-3-13(14)23/h1-4,8,12,15H,5-6,9-10H2,(H2,21,26). The van der Waals surface area contributed by atoms with Gasteiger partial charge < -0.3 is 15.4 Å². The van der Waals surface area contributed by atoms with Crippen LogP contribution in [0.4, 0.5) is 5.69 Å². The minimum atomic E-state index is -1.06. The molecule has 2 heterocycles. The van der Waals surface area contributed by atoms with Crippen molar-refractivity contribution < 1.29 is 14.3 Å². The van der Waals surface area contributed by atoms with Gasteiger partial charge in [-0.25, -0.2) is 9.36 Å². The predicted octanol–water partition coefficient (Wildman–Crippen LogP) is -0.504. The van der Waals surface area contributed by atoms with Gasteiger partial charge in [0.1, 0.15) is 23.9 Å². The van der Waals surface area contributed by atoms with Gasteiger partial charge in [-0.3, -0.25) is 19.0 Å². The van der Waals surface area contributed by atoms with Crippen molar-refractivity contribution in [1.29, 1.82) is 5.26 Å². The number of hydrogen-bond donors (Lipinski definition) is 1. The van der Waals surface area contributed by atoms with Gasteiger partial charge in [-0.15, -0.1) is 0 Å². The molecule has 0 saturated heterocycles. The fourth-order valence-electron chi connectivity index (χ4n) is 3.29. The average molecular weight is 395 g/mol. The summed E-state index contributed by atoms with van der Waals surface area (Å²) in [6.45, 7) is -0.714. The number of primary amides is 1. The van der Waals surface area contributed by atoms with E-state index in [0.29, 0.717) is 11.4 Å². The van der Waals surface area contributed by atoms with Crippen molar-refractivity contribution in [2.45, 2.75) is 31.5 Å². The summed E-state index contributed by atoms with van der Waals surface area (Å²) in [6.07, 6.45) is 1.73. The Balaban J connectivity index is 1.72. The minimum absolute atomic E-state index is 0.0695. The summed E-state index contributed by atoms with van der Waals surface area (Å²) in [7, 11) is 0. The highest BCUT2D eigenvalue weighted by atomic mass is 16.5. The molecule has 1 aliphatic heterocycles. The molecule has 1 aromatic heterocycles. The van der Waals surface area contributed by atoms with Gasteiger partial charge >= 0.3 is 5.69 Å². The second-order valence-electron chi connectivity index (χ2n) is 6.95. The lowest BCUT2D eigenvalue weighted by Gasteiger charge is -2.33. The second kappa shape index (κ2) is 6.94. The summed E-state index contributed by atoms with van der Waals surface area (Å²) in [5.74, 6) is -1.04. The first kappa shape index (κ1) is 18.5. The van der Waals surface area contributed by atoms with Gasteiger partial charge in [0.2, 0.25) is 5.91 Å². The topological polar surface area (TPSA) is 140 Å². The number of aromatic nitrogens is 2. The number of carbonyl (C=O) groups is 2. The van der Waals surface area contributed by atoms with Crippen LogP contribution in [0.2, 0.25) is 0 Å². The Morgan fingerprint density at radius 2 is 1.97 bits per heavy atom. The largest absolute Gasteiger partial charge is 0.477 e. The minimum Gasteiger partial charge on any atom is -0.477 e. The van der Waals surface area contributed by atoms with Gasteiger partial charge in [-0.1, -0.05) is 12.1 Å². The third kappa shape index (κ3) is 3.27. The van der Waals surface area contributed by atoms with Crippen LogP contribution < -0.4 is 26.6 Å². The van der Waals surface area contributed by atoms with Crippen molar-refractivity contribution in [2.24, 2.45) is 5.73 Å². The monoisotopic (exact) mass is 395 g/mol. The summed E-state index contributed by atoms with van der Waals surface area (Å²) in [5.41, 5.74) is 4.07. The molecule has 1 atom stereocenters. The fraction of sp³-hybridized carbons (Fsp3) is 0.316. The van der Waals surface area contributed by atoms with Crippen molar-refractivity contribution >= 4 is 17.5 Å². The maximum atomic E-state index is 13.0. The van der Waals surface area contributed by atoms with Gasteiger partial charge in [0, 0.05) is 12.2 Å². The lowest BCUT2D eigenvalue weighted by atomic mass is 10.1. The molecule has 1 unspecified atom stereocenters. The molecule has 1 saturated carbocycles. The SMILES string of the molecule is N#Cc1cn(C2CC2)c(=O)n(CC(=O)N2CC(C(N)=O)Oc3ccccc32)c1=O. The van der Waals surface area contributed by atoms with Crippen molar-refractivity contribution in [3.8, 4) is 11.8 Å². The van der Waals surface area contributed by atoms with Crippen LogP contribution in [0.5, 0.6) is 5.75 Å². The van der Waals surface area contributed by atoms with Crippen LogP contribution in [0.1, 0.15) is 24.4 Å². The van der Waals surface area contributed by atoms with Crippen LogP contribution in [0, 0.1) is 11.3 Å². The molecular formula is C19H17N5O5. The number of nitriles is 1. The fourth-order valence-corrected chi connectivity index (χ4v) is 3.29. The first-order valence-corrected chi connectivity index (χ1v) is 9.02. The number of fused-ring (bicyclic) bond motifs is 1. The van der Waals surface area contributed by atoms with Crippen molar-refractivity contribution in [3.05, 3.63) is 56.9 Å². The van der Waals surface area contributed by atoms with E-state index in [1.54, 1.807) is 30.3 Å². The van der Waals surface area contributed by atoms with Gasteiger partial charge in [0.05, 0.1) is 12.2 Å². The highest BCUT2D eigenvalue weighted by molar-refractivity contribution is 5.97. The summed E-state index contributed by atoms with van der Waals surface area (Å²) >= 11 is 0. The molecule has 0 radical (unpaired) electrons. The maximum absolute atomic E-state index is 13.0. The number of nitrogens with two attached hydrogens (primary N) is 1. The molecule has 148 valence electrons. The van der Waals surface area contributed by atoms with E-state index in [0.717, 1.165) is 17.4 Å². The smallest absolute Gasteiger partial charge is 0.331 e. The molecule has 2 aromatic rings. The third-order valence-electron chi connectivity index (χ3n) is 4.94. The Morgan fingerprint density at radius 3 is 2.62 bits per heavy atom. The highest BCUT2D eigenvalue weighted by Crippen LogP contribution is 2.34. The molecule has 29 heavy (non-hydrogen) atoms. The van der Waals surface area contributed by atoms with Gasteiger partial charge in [-0.2, -0.15) is 5.26 Å². The second-order valence-corrected chi connectivity index (χ2v) is 6.95. The number of benzene rings is 1. The predicted molar refractivity (Wildman–Crippen MR) is 100 cm³/mol. The summed E-state index contributed by atoms with van der Waals surface area (Å²) < 4.78 is 7.61. The molecule has 2 aliphatic rings. The van der Waals surface area contributed by atoms with Crippen LogP contribution in [-0.2, 0) is 16.1 Å². The Kier molecular flexibility index (Phi) is 4.43. The number of rotatable bonds is 4. The highest BCUT2D eigenvalue weighted by Gasteiger charge is 2.33. The molecule has 0 bridgehead atoms. The Bertz CT molecular complexity index is 1170. The lowest BCUT2D eigenvalue weighted by Crippen LogP contribution is -2.52. The molecular weight excluding hydrogens is 378 g/mol. The van der Waals surface area contributed by atoms with Gasteiger partial charge in [0.25, 0.3) is 11.5 Å². The summed E-state index contributed by atoms with van der Waals surface area (Å²) in [6, 6.07) is 8.30. The third-order valence-corrected chi connectivity index (χ3v) is 4.94. The molecule has 2 amide bonds. The zero-order valence-electron chi connectivity index (χ0n) is 15.3. The van der Waals surface area contributed by atoms with Gasteiger partial charge in [-0.05, 0) is 25.0 Å². The van der Waals surface area contributed by atoms with E-state index in [9.17, 15) is 24.4 Å². The lowest BCUT2D eigenvalue weighted by molar-refractivity contribution is -0.125. The number of ether oxygens (including phenoxy) is 1. The van der Waals surface area contributed by atoms with E-state index in [1.807, 2.05) is 0 Å². The number of anilines is 1. The van der Waals surface area contributed by atoms with E-state index >= 15 is 0 Å². The normalized spacial score (nSPS) is 17.8. The number of carbonyl (C=O) groups excluding carboxylic acids is 2. The summed E-state index contributed by atoms with van der Waals surface area (Å²) in [4.78, 5) is 51.1. The van der Waals surface area contributed by atoms with Crippen LogP contribution in [0.25, 0.3) is 0 Å². The zero-order valence-corrected chi connectivity index (χ0v) is 15.3. The molecule has 1 aromatic carbocycles. The molecule has 1 fully saturated rings. The van der Waals surface area contributed by atoms with Crippen LogP contribution >= 0.6 is 0 Å². The van der Waals surface area contributed by atoms with Crippen molar-refractivity contribution in [2.75, 3.05) is 11.4 Å². The molecule has 10 nitrogen and oxygen atoms in total. The molecule has 10 heteroatoms. The van der Waals surface area contributed by atoms with Gasteiger partial charge in [0.15, 0.2) is 6.10 Å². The first-order chi connectivity index (χ1) is 13.9. The van der Waals surface area contributed by atoms with Crippen molar-refractivity contribution in [3.63, 3.8) is 0 Å². The average Bonchev–Trinajstić information content (AvgIpc) is 3.55. The van der Waals surface area contributed by atoms with Crippen LogP contribution in [0.15, 0.2) is 40.1 Å². The molecule has 1 aliphatic carbocycles. The zero-order chi connectivity index (χ0) is 20.7. The first-order valence-electron chi connectivity index (χ1n) is 9.02. The van der Waals surface area contributed by atoms with Crippen LogP contribution in [0.3, 0.4) is 0 Å². The molecule has 2 N–H and O–H groups in total. The Hall–Kier alpha value is -3.87. The van der Waals surface area contributed by atoms with E-state index in [1.165, 1.54) is 15.7 Å². The Labute approximate surface area is 164 Å². The molecule has 0 spiro atoms. The van der Waals surface area contributed by atoms with E-state index in [2.05, 4.69) is 0 Å². The Morgan fingerprint density at radius 1 is 1.24 bits per heavy atom. The number of nitrogens with zero attached hydrogens (tertiary/aromatic N) is 4. The summed E-state index contributed by atoms with van der Waals surface area (Å²) in [5, 5.41) is 9.23. The number of para-hydroxylation sites is 2. The van der Waals surface area contributed by atoms with Crippen molar-refractivity contribution in [1.82, 2.24) is 9.13 Å². The van der Waals surface area contributed by atoms with E-state index < -0.39 is 35.7 Å². The quantitative estimate of drug-likeness (QED) is 0.740. The number of amides is 2. The van der Waals surface area contributed by atoms with Crippen LogP contribution in [-0.4, -0.2) is 33.6 Å². The maximum Gasteiger partial charge on any atom is 0.331 e.